The van der Waals surface area contributed by atoms with Crippen molar-refractivity contribution < 1.29 is 9.84 Å². The van der Waals surface area contributed by atoms with Gasteiger partial charge in [-0.15, -0.1) is 0 Å². The fourth-order valence-electron chi connectivity index (χ4n) is 2.08. The molecule has 0 unspecified atom stereocenters. The van der Waals surface area contributed by atoms with E-state index in [1.165, 1.54) is 17.5 Å². The fraction of sp³-hybridized carbons (Fsp3) is 0.625. The lowest BCUT2D eigenvalue weighted by Gasteiger charge is -2.22. The summed E-state index contributed by atoms with van der Waals surface area (Å²) in [6, 6.07) is 8.44. The van der Waals surface area contributed by atoms with Gasteiger partial charge in [-0.05, 0) is 29.9 Å². The van der Waals surface area contributed by atoms with E-state index in [1.54, 1.807) is 7.11 Å². The Balaban J connectivity index is 2.59. The first-order valence-electron chi connectivity index (χ1n) is 7.05. The maximum atomic E-state index is 8.99. The van der Waals surface area contributed by atoms with Gasteiger partial charge in [0.25, 0.3) is 0 Å². The van der Waals surface area contributed by atoms with Gasteiger partial charge in [-0.3, -0.25) is 4.90 Å². The molecule has 0 atom stereocenters. The van der Waals surface area contributed by atoms with Gasteiger partial charge in [-0.1, -0.05) is 38.1 Å². The fourth-order valence-corrected chi connectivity index (χ4v) is 2.08. The van der Waals surface area contributed by atoms with E-state index in [4.69, 9.17) is 9.84 Å². The van der Waals surface area contributed by atoms with Crippen molar-refractivity contribution in [3.05, 3.63) is 35.4 Å². The number of rotatable bonds is 9. The molecule has 0 radical (unpaired) electrons. The number of ether oxygens (including phenoxy) is 1. The van der Waals surface area contributed by atoms with Crippen LogP contribution >= 0.6 is 0 Å². The molecule has 1 rings (SSSR count). The highest BCUT2D eigenvalue weighted by Gasteiger charge is 2.07. The van der Waals surface area contributed by atoms with E-state index < -0.39 is 0 Å². The first-order chi connectivity index (χ1) is 9.15. The van der Waals surface area contributed by atoms with Crippen molar-refractivity contribution in [1.82, 2.24) is 4.90 Å². The Kier molecular flexibility index (Phi) is 7.72. The Hall–Kier alpha value is -0.900. The number of benzene rings is 1. The molecule has 0 amide bonds. The molecular formula is C16H27NO2. The van der Waals surface area contributed by atoms with Crippen molar-refractivity contribution in [3.8, 4) is 0 Å². The molecule has 0 aliphatic carbocycles. The van der Waals surface area contributed by atoms with Crippen molar-refractivity contribution in [2.45, 2.75) is 33.2 Å². The van der Waals surface area contributed by atoms with Crippen molar-refractivity contribution in [3.63, 3.8) is 0 Å². The van der Waals surface area contributed by atoms with Crippen LogP contribution in [0.4, 0.5) is 0 Å². The first-order valence-corrected chi connectivity index (χ1v) is 7.05. The molecule has 0 bridgehead atoms. The summed E-state index contributed by atoms with van der Waals surface area (Å²) in [5.74, 6) is 0.708. The van der Waals surface area contributed by atoms with E-state index in [-0.39, 0.29) is 6.61 Å². The summed E-state index contributed by atoms with van der Waals surface area (Å²) in [6.07, 6.45) is 1.91. The van der Waals surface area contributed by atoms with Crippen molar-refractivity contribution in [2.75, 3.05) is 27.0 Å². The van der Waals surface area contributed by atoms with Crippen LogP contribution < -0.4 is 0 Å². The maximum absolute atomic E-state index is 8.99. The average molecular weight is 265 g/mol. The van der Waals surface area contributed by atoms with Crippen molar-refractivity contribution >= 4 is 0 Å². The van der Waals surface area contributed by atoms with Crippen LogP contribution in [0.15, 0.2) is 24.3 Å². The summed E-state index contributed by atoms with van der Waals surface area (Å²) >= 11 is 0. The Labute approximate surface area is 117 Å². The zero-order chi connectivity index (χ0) is 14.1. The summed E-state index contributed by atoms with van der Waals surface area (Å²) in [4.78, 5) is 2.32. The van der Waals surface area contributed by atoms with Crippen LogP contribution in [-0.2, 0) is 17.7 Å². The third-order valence-corrected chi connectivity index (χ3v) is 3.13. The smallest absolute Gasteiger partial charge is 0.0989 e. The highest BCUT2D eigenvalue weighted by atomic mass is 16.5. The SMILES string of the molecule is COCN(CCC(C)C)Cc1cccc(CCO)c1. The first kappa shape index (κ1) is 16.2. The lowest BCUT2D eigenvalue weighted by Crippen LogP contribution is -2.27. The molecule has 108 valence electrons. The van der Waals surface area contributed by atoms with E-state index in [1.807, 2.05) is 0 Å². The monoisotopic (exact) mass is 265 g/mol. The van der Waals surface area contributed by atoms with Gasteiger partial charge in [0, 0.05) is 26.8 Å². The third-order valence-electron chi connectivity index (χ3n) is 3.13. The highest BCUT2D eigenvalue weighted by Crippen LogP contribution is 2.11. The maximum Gasteiger partial charge on any atom is 0.0989 e. The van der Waals surface area contributed by atoms with Crippen LogP contribution in [0.1, 0.15) is 31.4 Å². The van der Waals surface area contributed by atoms with Gasteiger partial charge in [0.05, 0.1) is 6.73 Å². The van der Waals surface area contributed by atoms with Crippen molar-refractivity contribution in [1.29, 1.82) is 0 Å². The molecule has 0 saturated heterocycles. The van der Waals surface area contributed by atoms with Crippen molar-refractivity contribution in [2.24, 2.45) is 5.92 Å². The number of hydrogen-bond acceptors (Lipinski definition) is 3. The van der Waals surface area contributed by atoms with Crippen LogP contribution in [0.3, 0.4) is 0 Å². The molecule has 1 aromatic rings. The predicted molar refractivity (Wildman–Crippen MR) is 79.0 cm³/mol. The molecule has 0 heterocycles. The molecule has 0 saturated carbocycles. The van der Waals surface area contributed by atoms with Crippen LogP contribution in [0.5, 0.6) is 0 Å². The highest BCUT2D eigenvalue weighted by molar-refractivity contribution is 5.23. The number of hydrogen-bond donors (Lipinski definition) is 1. The minimum absolute atomic E-state index is 0.207. The van der Waals surface area contributed by atoms with Crippen LogP contribution in [-0.4, -0.2) is 37.0 Å². The molecule has 0 aromatic heterocycles. The lowest BCUT2D eigenvalue weighted by atomic mass is 10.1. The van der Waals surface area contributed by atoms with E-state index >= 15 is 0 Å². The normalized spacial score (nSPS) is 11.5. The van der Waals surface area contributed by atoms with Gasteiger partial charge in [0.15, 0.2) is 0 Å². The molecule has 1 aromatic carbocycles. The van der Waals surface area contributed by atoms with E-state index in [0.717, 1.165) is 19.5 Å². The Bertz CT molecular complexity index is 352. The molecular weight excluding hydrogens is 238 g/mol. The molecule has 1 N–H and O–H groups in total. The van der Waals surface area contributed by atoms with E-state index in [2.05, 4.69) is 43.0 Å². The van der Waals surface area contributed by atoms with Crippen LogP contribution in [0.25, 0.3) is 0 Å². The predicted octanol–water partition coefficient (Wildman–Crippen LogP) is 2.67. The minimum atomic E-state index is 0.207. The van der Waals surface area contributed by atoms with E-state index in [0.29, 0.717) is 12.6 Å². The topological polar surface area (TPSA) is 32.7 Å². The summed E-state index contributed by atoms with van der Waals surface area (Å²) in [6.45, 7) is 7.31. The molecule has 19 heavy (non-hydrogen) atoms. The molecule has 0 aliphatic heterocycles. The number of methoxy groups -OCH3 is 1. The lowest BCUT2D eigenvalue weighted by molar-refractivity contribution is 0.0547. The molecule has 0 fully saturated rings. The van der Waals surface area contributed by atoms with E-state index in [9.17, 15) is 0 Å². The number of aliphatic hydroxyl groups is 1. The van der Waals surface area contributed by atoms with Gasteiger partial charge in [0.1, 0.15) is 0 Å². The van der Waals surface area contributed by atoms with Gasteiger partial charge in [-0.25, -0.2) is 0 Å². The quantitative estimate of drug-likeness (QED) is 0.697. The number of aliphatic hydroxyl groups excluding tert-OH is 1. The van der Waals surface area contributed by atoms with Crippen LogP contribution in [0, 0.1) is 5.92 Å². The Morgan fingerprint density at radius 2 is 2.00 bits per heavy atom. The molecule has 0 spiro atoms. The second-order valence-corrected chi connectivity index (χ2v) is 5.45. The Morgan fingerprint density at radius 1 is 1.26 bits per heavy atom. The molecule has 3 nitrogen and oxygen atoms in total. The summed E-state index contributed by atoms with van der Waals surface area (Å²) in [5, 5.41) is 8.99. The zero-order valence-corrected chi connectivity index (χ0v) is 12.4. The largest absolute Gasteiger partial charge is 0.396 e. The van der Waals surface area contributed by atoms with Gasteiger partial charge in [0.2, 0.25) is 0 Å². The second kappa shape index (κ2) is 9.08. The van der Waals surface area contributed by atoms with Crippen LogP contribution in [0.2, 0.25) is 0 Å². The average Bonchev–Trinajstić information content (AvgIpc) is 2.37. The summed E-state index contributed by atoms with van der Waals surface area (Å²) in [7, 11) is 1.74. The Morgan fingerprint density at radius 3 is 2.63 bits per heavy atom. The minimum Gasteiger partial charge on any atom is -0.396 e. The number of nitrogens with zero attached hydrogens (tertiary/aromatic N) is 1. The molecule has 3 heteroatoms. The van der Waals surface area contributed by atoms with Gasteiger partial charge < -0.3 is 9.84 Å². The zero-order valence-electron chi connectivity index (χ0n) is 12.4. The third kappa shape index (κ3) is 6.71. The van der Waals surface area contributed by atoms with Gasteiger partial charge >= 0.3 is 0 Å². The second-order valence-electron chi connectivity index (χ2n) is 5.45. The molecule has 0 aliphatic rings. The summed E-state index contributed by atoms with van der Waals surface area (Å²) < 4.78 is 5.27. The standard InChI is InChI=1S/C16H27NO2/c1-14(2)7-9-17(13-19-3)12-16-6-4-5-15(11-16)8-10-18/h4-6,11,14,18H,7-10,12-13H2,1-3H3. The summed E-state index contributed by atoms with van der Waals surface area (Å²) in [5.41, 5.74) is 2.48. The van der Waals surface area contributed by atoms with Gasteiger partial charge in [-0.2, -0.15) is 0 Å².